The summed E-state index contributed by atoms with van der Waals surface area (Å²) in [5.41, 5.74) is 2.49. The van der Waals surface area contributed by atoms with Crippen molar-refractivity contribution in [2.24, 2.45) is 0 Å². The second-order valence-electron chi connectivity index (χ2n) is 4.36. The van der Waals surface area contributed by atoms with Crippen LogP contribution in [-0.2, 0) is 6.54 Å². The zero-order valence-corrected chi connectivity index (χ0v) is 12.1. The summed E-state index contributed by atoms with van der Waals surface area (Å²) in [5.74, 6) is 0.615. The molecule has 0 bridgehead atoms. The average Bonchev–Trinajstić information content (AvgIpc) is 2.88. The highest BCUT2D eigenvalue weighted by atomic mass is 79.9. The lowest BCUT2D eigenvalue weighted by Crippen LogP contribution is -2.23. The fraction of sp³-hybridized carbons (Fsp3) is 0.0667. The van der Waals surface area contributed by atoms with Crippen LogP contribution in [0.2, 0.25) is 0 Å². The van der Waals surface area contributed by atoms with Crippen LogP contribution in [0.3, 0.4) is 0 Å². The molecular formula is C15H12BrN3O. The molecule has 100 valence electrons. The number of halogens is 1. The number of benzene rings is 2. The zero-order valence-electron chi connectivity index (χ0n) is 10.6. The molecule has 20 heavy (non-hydrogen) atoms. The van der Waals surface area contributed by atoms with E-state index < -0.39 is 0 Å². The number of amides is 1. The summed E-state index contributed by atoms with van der Waals surface area (Å²) in [5, 5.41) is 2.85. The van der Waals surface area contributed by atoms with Gasteiger partial charge in [-0.3, -0.25) is 4.79 Å². The molecule has 0 fully saturated rings. The van der Waals surface area contributed by atoms with Crippen LogP contribution >= 0.6 is 15.9 Å². The van der Waals surface area contributed by atoms with E-state index in [0.717, 1.165) is 21.3 Å². The van der Waals surface area contributed by atoms with Gasteiger partial charge in [-0.2, -0.15) is 0 Å². The summed E-state index contributed by atoms with van der Waals surface area (Å²) in [6.45, 7) is 0.370. The van der Waals surface area contributed by atoms with Gasteiger partial charge in [-0.05, 0) is 40.2 Å². The molecular weight excluding hydrogens is 318 g/mol. The number of H-pyrrole nitrogens is 1. The number of rotatable bonds is 3. The number of carbonyl (C=O) groups excluding carboxylic acids is 1. The molecule has 0 saturated heterocycles. The third-order valence-corrected chi connectivity index (χ3v) is 3.66. The first kappa shape index (κ1) is 12.9. The monoisotopic (exact) mass is 329 g/mol. The van der Waals surface area contributed by atoms with Crippen LogP contribution < -0.4 is 5.32 Å². The van der Waals surface area contributed by atoms with Crippen molar-refractivity contribution >= 4 is 32.9 Å². The van der Waals surface area contributed by atoms with Gasteiger partial charge in [-0.1, -0.05) is 24.3 Å². The summed E-state index contributed by atoms with van der Waals surface area (Å²) in [6, 6.07) is 15.1. The molecule has 0 radical (unpaired) electrons. The second kappa shape index (κ2) is 5.46. The minimum Gasteiger partial charge on any atom is -0.345 e. The van der Waals surface area contributed by atoms with Gasteiger partial charge in [0.05, 0.1) is 23.1 Å². The predicted molar refractivity (Wildman–Crippen MR) is 81.4 cm³/mol. The van der Waals surface area contributed by atoms with Crippen molar-refractivity contribution in [3.63, 3.8) is 0 Å². The van der Waals surface area contributed by atoms with E-state index in [-0.39, 0.29) is 5.91 Å². The minimum absolute atomic E-state index is 0.127. The lowest BCUT2D eigenvalue weighted by atomic mass is 10.2. The van der Waals surface area contributed by atoms with E-state index in [9.17, 15) is 4.79 Å². The van der Waals surface area contributed by atoms with Crippen molar-refractivity contribution in [3.05, 3.63) is 64.4 Å². The van der Waals surface area contributed by atoms with E-state index in [1.54, 1.807) is 6.07 Å². The second-order valence-corrected chi connectivity index (χ2v) is 5.22. The largest absolute Gasteiger partial charge is 0.345 e. The van der Waals surface area contributed by atoms with Crippen LogP contribution in [0.1, 0.15) is 16.2 Å². The van der Waals surface area contributed by atoms with Gasteiger partial charge in [0.1, 0.15) is 5.82 Å². The number of hydrogen-bond acceptors (Lipinski definition) is 2. The maximum Gasteiger partial charge on any atom is 0.252 e. The molecule has 1 heterocycles. The van der Waals surface area contributed by atoms with Crippen LogP contribution in [0.4, 0.5) is 0 Å². The topological polar surface area (TPSA) is 57.8 Å². The molecule has 3 aromatic rings. The molecule has 0 aliphatic heterocycles. The molecule has 5 heteroatoms. The lowest BCUT2D eigenvalue weighted by molar-refractivity contribution is 0.0949. The summed E-state index contributed by atoms with van der Waals surface area (Å²) < 4.78 is 0.780. The summed E-state index contributed by atoms with van der Waals surface area (Å²) in [4.78, 5) is 19.7. The molecule has 0 spiro atoms. The Morgan fingerprint density at radius 3 is 2.70 bits per heavy atom. The van der Waals surface area contributed by atoms with Gasteiger partial charge in [-0.15, -0.1) is 0 Å². The molecule has 2 N–H and O–H groups in total. The normalized spacial score (nSPS) is 10.7. The van der Waals surface area contributed by atoms with Crippen molar-refractivity contribution in [1.82, 2.24) is 15.3 Å². The summed E-state index contributed by atoms with van der Waals surface area (Å²) in [7, 11) is 0. The molecule has 4 nitrogen and oxygen atoms in total. The Kier molecular flexibility index (Phi) is 3.52. The van der Waals surface area contributed by atoms with E-state index in [4.69, 9.17) is 0 Å². The molecule has 0 saturated carbocycles. The first-order valence-corrected chi connectivity index (χ1v) is 7.00. The van der Waals surface area contributed by atoms with Crippen LogP contribution in [-0.4, -0.2) is 15.9 Å². The maximum absolute atomic E-state index is 12.1. The Morgan fingerprint density at radius 1 is 1.15 bits per heavy atom. The number of fused-ring (bicyclic) bond motifs is 1. The number of carbonyl (C=O) groups is 1. The highest BCUT2D eigenvalue weighted by Crippen LogP contribution is 2.16. The maximum atomic E-state index is 12.1. The van der Waals surface area contributed by atoms with Crippen molar-refractivity contribution in [3.8, 4) is 0 Å². The number of hydrogen-bond donors (Lipinski definition) is 2. The number of nitrogens with one attached hydrogen (secondary N) is 2. The van der Waals surface area contributed by atoms with Gasteiger partial charge in [0.2, 0.25) is 0 Å². The van der Waals surface area contributed by atoms with E-state index in [0.29, 0.717) is 12.1 Å². The number of aromatic nitrogens is 2. The van der Waals surface area contributed by atoms with E-state index in [2.05, 4.69) is 31.2 Å². The van der Waals surface area contributed by atoms with E-state index >= 15 is 0 Å². The Morgan fingerprint density at radius 2 is 1.90 bits per heavy atom. The number of nitrogens with zero attached hydrogens (tertiary/aromatic N) is 1. The quantitative estimate of drug-likeness (QED) is 0.774. The van der Waals surface area contributed by atoms with Crippen LogP contribution in [0.15, 0.2) is 53.0 Å². The molecule has 1 amide bonds. The number of imidazole rings is 1. The van der Waals surface area contributed by atoms with Crippen molar-refractivity contribution in [1.29, 1.82) is 0 Å². The molecule has 2 aromatic carbocycles. The Balaban J connectivity index is 1.73. The van der Waals surface area contributed by atoms with E-state index in [1.165, 1.54) is 0 Å². The van der Waals surface area contributed by atoms with Crippen molar-refractivity contribution < 1.29 is 4.79 Å². The van der Waals surface area contributed by atoms with Gasteiger partial charge >= 0.3 is 0 Å². The SMILES string of the molecule is O=C(NCc1nc2ccccc2[nH]1)c1ccccc1Br. The van der Waals surface area contributed by atoms with E-state index in [1.807, 2.05) is 42.5 Å². The fourth-order valence-electron chi connectivity index (χ4n) is 1.99. The third-order valence-electron chi connectivity index (χ3n) is 2.97. The van der Waals surface area contributed by atoms with Gasteiger partial charge in [-0.25, -0.2) is 4.98 Å². The standard InChI is InChI=1S/C15H12BrN3O/c16-11-6-2-1-5-10(11)15(20)17-9-14-18-12-7-3-4-8-13(12)19-14/h1-8H,9H2,(H,17,20)(H,18,19). The molecule has 0 aliphatic carbocycles. The van der Waals surface area contributed by atoms with Gasteiger partial charge < -0.3 is 10.3 Å². The molecule has 0 aliphatic rings. The van der Waals surface area contributed by atoms with Crippen LogP contribution in [0.25, 0.3) is 11.0 Å². The Bertz CT molecular complexity index is 733. The van der Waals surface area contributed by atoms with Gasteiger partial charge in [0.15, 0.2) is 0 Å². The summed E-state index contributed by atoms with van der Waals surface area (Å²) >= 11 is 3.37. The predicted octanol–water partition coefficient (Wildman–Crippen LogP) is 3.26. The molecule has 0 atom stereocenters. The highest BCUT2D eigenvalue weighted by molar-refractivity contribution is 9.10. The van der Waals surface area contributed by atoms with Crippen LogP contribution in [0.5, 0.6) is 0 Å². The fourth-order valence-corrected chi connectivity index (χ4v) is 2.46. The Labute approximate surface area is 124 Å². The number of para-hydroxylation sites is 2. The zero-order chi connectivity index (χ0) is 13.9. The van der Waals surface area contributed by atoms with Crippen molar-refractivity contribution in [2.75, 3.05) is 0 Å². The first-order valence-electron chi connectivity index (χ1n) is 6.20. The first-order chi connectivity index (χ1) is 9.74. The number of aromatic amines is 1. The Hall–Kier alpha value is -2.14. The van der Waals surface area contributed by atoms with Crippen LogP contribution in [0, 0.1) is 0 Å². The average molecular weight is 330 g/mol. The van der Waals surface area contributed by atoms with Gasteiger partial charge in [0, 0.05) is 4.47 Å². The minimum atomic E-state index is -0.127. The van der Waals surface area contributed by atoms with Gasteiger partial charge in [0.25, 0.3) is 5.91 Å². The lowest BCUT2D eigenvalue weighted by Gasteiger charge is -2.04. The summed E-state index contributed by atoms with van der Waals surface area (Å²) in [6.07, 6.45) is 0. The highest BCUT2D eigenvalue weighted by Gasteiger charge is 2.09. The molecule has 3 rings (SSSR count). The van der Waals surface area contributed by atoms with Crippen molar-refractivity contribution in [2.45, 2.75) is 6.54 Å². The third kappa shape index (κ3) is 2.58. The molecule has 1 aromatic heterocycles. The molecule has 0 unspecified atom stereocenters. The smallest absolute Gasteiger partial charge is 0.252 e.